The van der Waals surface area contributed by atoms with Crippen LogP contribution in [0, 0.1) is 0 Å². The van der Waals surface area contributed by atoms with Crippen molar-refractivity contribution in [1.29, 1.82) is 0 Å². The average Bonchev–Trinajstić information content (AvgIpc) is 2.85. The molecule has 7 heteroatoms. The van der Waals surface area contributed by atoms with Crippen LogP contribution in [0.25, 0.3) is 11.1 Å². The maximum atomic E-state index is 12.7. The van der Waals surface area contributed by atoms with Gasteiger partial charge in [0.2, 0.25) is 0 Å². The molecule has 7 nitrogen and oxygen atoms in total. The van der Waals surface area contributed by atoms with Gasteiger partial charge in [-0.3, -0.25) is 4.79 Å². The number of amides is 1. The summed E-state index contributed by atoms with van der Waals surface area (Å²) in [6.07, 6.45) is 2.50. The van der Waals surface area contributed by atoms with Crippen molar-refractivity contribution in [1.82, 2.24) is 4.98 Å². The van der Waals surface area contributed by atoms with Crippen molar-refractivity contribution >= 4 is 23.1 Å². The third-order valence-electron chi connectivity index (χ3n) is 5.13. The fourth-order valence-corrected chi connectivity index (χ4v) is 3.37. The van der Waals surface area contributed by atoms with Crippen LogP contribution in [0.3, 0.4) is 0 Å². The van der Waals surface area contributed by atoms with Gasteiger partial charge in [0.15, 0.2) is 5.82 Å². The molecule has 0 aliphatic carbocycles. The molecule has 1 aromatic heterocycles. The summed E-state index contributed by atoms with van der Waals surface area (Å²) in [5, 5.41) is 2.93. The number of aromatic nitrogens is 1. The van der Waals surface area contributed by atoms with Crippen molar-refractivity contribution in [2.24, 2.45) is 5.84 Å². The topological polar surface area (TPSA) is 115 Å². The normalized spacial score (nSPS) is 10.5. The first-order valence-electron chi connectivity index (χ1n) is 10.5. The number of nitrogens with zero attached hydrogens (tertiary/aromatic N) is 1. The molecule has 0 radical (unpaired) electrons. The molecule has 0 unspecified atom stereocenters. The number of nitrogen functional groups attached to an aromatic ring is 2. The minimum Gasteiger partial charge on any atom is -0.493 e. The van der Waals surface area contributed by atoms with Crippen molar-refractivity contribution in [2.75, 3.05) is 23.1 Å². The highest BCUT2D eigenvalue weighted by Crippen LogP contribution is 2.26. The molecule has 0 fully saturated rings. The number of hydrogen-bond acceptors (Lipinski definition) is 6. The molecule has 166 valence electrons. The molecule has 0 aliphatic heterocycles. The van der Waals surface area contributed by atoms with Crippen LogP contribution in [-0.4, -0.2) is 17.5 Å². The first-order chi connectivity index (χ1) is 16.1. The van der Waals surface area contributed by atoms with Crippen LogP contribution in [0.1, 0.15) is 15.9 Å². The van der Waals surface area contributed by atoms with E-state index in [-0.39, 0.29) is 5.91 Å². The van der Waals surface area contributed by atoms with Crippen molar-refractivity contribution in [3.05, 3.63) is 102 Å². The van der Waals surface area contributed by atoms with Crippen LogP contribution in [-0.2, 0) is 6.42 Å². The van der Waals surface area contributed by atoms with Crippen molar-refractivity contribution in [3.63, 3.8) is 0 Å². The molecule has 0 bridgehead atoms. The van der Waals surface area contributed by atoms with E-state index in [9.17, 15) is 4.79 Å². The Morgan fingerprint density at radius 1 is 0.909 bits per heavy atom. The van der Waals surface area contributed by atoms with E-state index in [0.29, 0.717) is 29.4 Å². The number of benzene rings is 3. The van der Waals surface area contributed by atoms with Gasteiger partial charge in [0.1, 0.15) is 5.75 Å². The number of carbonyl (C=O) groups is 1. The van der Waals surface area contributed by atoms with Gasteiger partial charge in [-0.2, -0.15) is 0 Å². The Morgan fingerprint density at radius 2 is 1.70 bits per heavy atom. The van der Waals surface area contributed by atoms with E-state index < -0.39 is 0 Å². The second-order valence-electron chi connectivity index (χ2n) is 7.45. The predicted molar refractivity (Wildman–Crippen MR) is 132 cm³/mol. The zero-order valence-corrected chi connectivity index (χ0v) is 18.0. The summed E-state index contributed by atoms with van der Waals surface area (Å²) in [5.41, 5.74) is 13.0. The smallest absolute Gasteiger partial charge is 0.255 e. The summed E-state index contributed by atoms with van der Waals surface area (Å²) in [6, 6.07) is 26.5. The monoisotopic (exact) mass is 439 g/mol. The molecule has 0 spiro atoms. The Hall–Kier alpha value is -4.36. The number of ether oxygens (including phenoxy) is 1. The van der Waals surface area contributed by atoms with E-state index >= 15 is 0 Å². The highest BCUT2D eigenvalue weighted by atomic mass is 16.5. The average molecular weight is 440 g/mol. The molecular formula is C26H25N5O2. The molecule has 0 aliphatic rings. The minimum absolute atomic E-state index is 0.205. The summed E-state index contributed by atoms with van der Waals surface area (Å²) in [7, 11) is 0. The number of carbonyl (C=O) groups excluding carboxylic acids is 1. The first kappa shape index (κ1) is 21.9. The van der Waals surface area contributed by atoms with Crippen LogP contribution >= 0.6 is 0 Å². The number of pyridine rings is 1. The summed E-state index contributed by atoms with van der Waals surface area (Å²) in [4.78, 5) is 16.9. The lowest BCUT2D eigenvalue weighted by Crippen LogP contribution is -2.12. The molecule has 0 atom stereocenters. The third-order valence-corrected chi connectivity index (χ3v) is 5.13. The fraction of sp³-hybridized carbons (Fsp3) is 0.0769. The quantitative estimate of drug-likeness (QED) is 0.237. The summed E-state index contributed by atoms with van der Waals surface area (Å²) in [6.45, 7) is 0.573. The Morgan fingerprint density at radius 3 is 2.42 bits per heavy atom. The number of nitrogens with one attached hydrogen (secondary N) is 2. The Labute approximate surface area is 192 Å². The second kappa shape index (κ2) is 10.3. The van der Waals surface area contributed by atoms with Crippen LogP contribution in [0.4, 0.5) is 17.2 Å². The zero-order valence-electron chi connectivity index (χ0n) is 18.0. The minimum atomic E-state index is -0.205. The maximum Gasteiger partial charge on any atom is 0.255 e. The van der Waals surface area contributed by atoms with Gasteiger partial charge in [-0.1, -0.05) is 42.5 Å². The van der Waals surface area contributed by atoms with E-state index in [2.05, 4.69) is 27.9 Å². The molecule has 3 aromatic carbocycles. The number of rotatable bonds is 8. The zero-order chi connectivity index (χ0) is 23.0. The van der Waals surface area contributed by atoms with E-state index in [1.54, 1.807) is 36.5 Å². The highest BCUT2D eigenvalue weighted by molar-refractivity contribution is 6.04. The highest BCUT2D eigenvalue weighted by Gasteiger charge is 2.09. The van der Waals surface area contributed by atoms with Gasteiger partial charge in [0.25, 0.3) is 5.91 Å². The SMILES string of the molecule is NNc1ncc(-c2cccc(NC(=O)c3ccc(OCCc4ccccc4)cc3)c2)cc1N. The standard InChI is InChI=1S/C26H25N5O2/c27-24-16-21(17-29-25(24)31-28)20-7-4-8-22(15-20)30-26(32)19-9-11-23(12-10-19)33-14-13-18-5-2-1-3-6-18/h1-12,15-17H,13-14,27-28H2,(H,29,31)(H,30,32). The van der Waals surface area contributed by atoms with Crippen molar-refractivity contribution < 1.29 is 9.53 Å². The molecule has 1 heterocycles. The predicted octanol–water partition coefficient (Wildman–Crippen LogP) is 4.49. The number of anilines is 3. The number of nitrogens with two attached hydrogens (primary N) is 2. The Kier molecular flexibility index (Phi) is 6.82. The van der Waals surface area contributed by atoms with E-state index in [4.69, 9.17) is 16.3 Å². The van der Waals surface area contributed by atoms with Gasteiger partial charge in [-0.15, -0.1) is 0 Å². The summed E-state index contributed by atoms with van der Waals surface area (Å²) < 4.78 is 5.79. The van der Waals surface area contributed by atoms with Gasteiger partial charge >= 0.3 is 0 Å². The second-order valence-corrected chi connectivity index (χ2v) is 7.45. The van der Waals surface area contributed by atoms with E-state index in [0.717, 1.165) is 23.3 Å². The molecule has 4 rings (SSSR count). The largest absolute Gasteiger partial charge is 0.493 e. The van der Waals surface area contributed by atoms with Crippen LogP contribution < -0.4 is 27.1 Å². The van der Waals surface area contributed by atoms with Crippen LogP contribution in [0.2, 0.25) is 0 Å². The Bertz CT molecular complexity index is 1230. The van der Waals surface area contributed by atoms with Crippen LogP contribution in [0.5, 0.6) is 5.75 Å². The Balaban J connectivity index is 1.37. The van der Waals surface area contributed by atoms with Crippen molar-refractivity contribution in [3.8, 4) is 16.9 Å². The van der Waals surface area contributed by atoms with Gasteiger partial charge in [-0.05, 0) is 53.6 Å². The van der Waals surface area contributed by atoms with E-state index in [1.807, 2.05) is 42.5 Å². The number of hydrazine groups is 1. The lowest BCUT2D eigenvalue weighted by molar-refractivity contribution is 0.102. The lowest BCUT2D eigenvalue weighted by atomic mass is 10.1. The first-order valence-corrected chi connectivity index (χ1v) is 10.5. The molecular weight excluding hydrogens is 414 g/mol. The maximum absolute atomic E-state index is 12.7. The third kappa shape index (κ3) is 5.66. The molecule has 4 aromatic rings. The van der Waals surface area contributed by atoms with E-state index in [1.165, 1.54) is 5.56 Å². The molecule has 1 amide bonds. The molecule has 0 saturated heterocycles. The molecule has 33 heavy (non-hydrogen) atoms. The van der Waals surface area contributed by atoms with Gasteiger partial charge in [0, 0.05) is 29.4 Å². The number of hydrogen-bond donors (Lipinski definition) is 4. The lowest BCUT2D eigenvalue weighted by Gasteiger charge is -2.10. The van der Waals surface area contributed by atoms with Crippen LogP contribution in [0.15, 0.2) is 91.1 Å². The van der Waals surface area contributed by atoms with Gasteiger partial charge in [-0.25, -0.2) is 10.8 Å². The molecule has 6 N–H and O–H groups in total. The molecule has 0 saturated carbocycles. The van der Waals surface area contributed by atoms with Gasteiger partial charge < -0.3 is 21.2 Å². The summed E-state index contributed by atoms with van der Waals surface area (Å²) in [5.74, 6) is 6.32. The van der Waals surface area contributed by atoms with Crippen molar-refractivity contribution in [2.45, 2.75) is 6.42 Å². The summed E-state index contributed by atoms with van der Waals surface area (Å²) >= 11 is 0. The fourth-order valence-electron chi connectivity index (χ4n) is 3.37. The van der Waals surface area contributed by atoms with Gasteiger partial charge in [0.05, 0.1) is 12.3 Å².